The molecule has 6 heteroatoms. The van der Waals surface area contributed by atoms with Crippen LogP contribution in [0.3, 0.4) is 0 Å². The molecule has 5 rings (SSSR count). The van der Waals surface area contributed by atoms with Gasteiger partial charge in [-0.25, -0.2) is 0 Å². The lowest BCUT2D eigenvalue weighted by atomic mass is 9.87. The predicted octanol–water partition coefficient (Wildman–Crippen LogP) is 4.28. The van der Waals surface area contributed by atoms with Crippen LogP contribution in [-0.4, -0.2) is 40.0 Å². The van der Waals surface area contributed by atoms with Gasteiger partial charge in [-0.15, -0.1) is 0 Å². The second-order valence-electron chi connectivity index (χ2n) is 9.63. The first-order valence-electron chi connectivity index (χ1n) is 12.3. The summed E-state index contributed by atoms with van der Waals surface area (Å²) in [7, 11) is 0. The predicted molar refractivity (Wildman–Crippen MR) is 124 cm³/mol. The minimum absolute atomic E-state index is 0.00321. The van der Waals surface area contributed by atoms with Crippen LogP contribution in [0.5, 0.6) is 5.75 Å². The molecule has 1 amide bonds. The van der Waals surface area contributed by atoms with Gasteiger partial charge in [0.05, 0.1) is 25.0 Å². The zero-order valence-electron chi connectivity index (χ0n) is 19.1. The first kappa shape index (κ1) is 21.9. The average molecular weight is 449 g/mol. The van der Waals surface area contributed by atoms with Crippen LogP contribution in [0.2, 0.25) is 0 Å². The van der Waals surface area contributed by atoms with Gasteiger partial charge >= 0.3 is 5.97 Å². The highest BCUT2D eigenvalue weighted by atomic mass is 16.5. The number of ether oxygens (including phenoxy) is 1. The van der Waals surface area contributed by atoms with Gasteiger partial charge in [0.2, 0.25) is 5.91 Å². The molecule has 2 atom stereocenters. The van der Waals surface area contributed by atoms with Crippen LogP contribution in [0.15, 0.2) is 30.3 Å². The number of carbonyl (C=O) groups excluding carboxylic acids is 1. The highest BCUT2D eigenvalue weighted by Gasteiger charge is 2.41. The number of aromatic nitrogens is 1. The van der Waals surface area contributed by atoms with E-state index in [0.29, 0.717) is 13.2 Å². The standard InChI is InChI=1S/C27H32N2O4/c30-26(31)16-24(20-10-9-19-13-14-33-25(19)15-20)29-17-21(27(29)32)6-1-3-7-22-12-11-18-5-2-4-8-23(18)28-22/h9-12,15,21,24H,1-8,13-14,16-17H2,(H,30,31)/t21?,24-/m0/s1. The Balaban J connectivity index is 1.13. The Morgan fingerprint density at radius 2 is 1.97 bits per heavy atom. The Hall–Kier alpha value is -2.89. The maximum Gasteiger partial charge on any atom is 0.305 e. The number of rotatable bonds is 9. The van der Waals surface area contributed by atoms with E-state index in [2.05, 4.69) is 12.1 Å². The second-order valence-corrected chi connectivity index (χ2v) is 9.63. The number of hydrogen-bond donors (Lipinski definition) is 1. The molecule has 3 aliphatic rings. The first-order valence-corrected chi connectivity index (χ1v) is 12.3. The van der Waals surface area contributed by atoms with Gasteiger partial charge in [0.1, 0.15) is 5.75 Å². The van der Waals surface area contributed by atoms with Crippen molar-refractivity contribution in [3.05, 3.63) is 58.4 Å². The van der Waals surface area contributed by atoms with Crippen molar-refractivity contribution >= 4 is 11.9 Å². The molecule has 1 aliphatic carbocycles. The van der Waals surface area contributed by atoms with Crippen LogP contribution in [0, 0.1) is 5.92 Å². The van der Waals surface area contributed by atoms with Crippen molar-refractivity contribution in [2.75, 3.05) is 13.2 Å². The molecule has 0 bridgehead atoms. The summed E-state index contributed by atoms with van der Waals surface area (Å²) in [4.78, 5) is 31.0. The van der Waals surface area contributed by atoms with E-state index in [1.165, 1.54) is 24.1 Å². The molecular formula is C27H32N2O4. The monoisotopic (exact) mass is 448 g/mol. The van der Waals surface area contributed by atoms with E-state index in [9.17, 15) is 14.7 Å². The lowest BCUT2D eigenvalue weighted by Gasteiger charge is -2.43. The van der Waals surface area contributed by atoms with Crippen LogP contribution >= 0.6 is 0 Å². The number of carboxylic acids is 1. The summed E-state index contributed by atoms with van der Waals surface area (Å²) in [6, 6.07) is 9.85. The Kier molecular flexibility index (Phi) is 6.34. The number of aryl methyl sites for hydroxylation is 3. The lowest BCUT2D eigenvalue weighted by Crippen LogP contribution is -2.54. The fourth-order valence-electron chi connectivity index (χ4n) is 5.45. The molecule has 1 unspecified atom stereocenters. The molecule has 0 radical (unpaired) electrons. The molecule has 1 N–H and O–H groups in total. The van der Waals surface area contributed by atoms with Crippen molar-refractivity contribution in [3.63, 3.8) is 0 Å². The number of carbonyl (C=O) groups is 2. The molecule has 1 aromatic heterocycles. The fourth-order valence-corrected chi connectivity index (χ4v) is 5.45. The van der Waals surface area contributed by atoms with Crippen LogP contribution in [-0.2, 0) is 35.3 Å². The molecule has 3 heterocycles. The second kappa shape index (κ2) is 9.54. The fraction of sp³-hybridized carbons (Fsp3) is 0.519. The van der Waals surface area contributed by atoms with Crippen molar-refractivity contribution in [1.82, 2.24) is 9.88 Å². The van der Waals surface area contributed by atoms with E-state index >= 15 is 0 Å². The third-order valence-corrected chi connectivity index (χ3v) is 7.37. The van der Waals surface area contributed by atoms with Crippen LogP contribution in [0.4, 0.5) is 0 Å². The van der Waals surface area contributed by atoms with Gasteiger partial charge in [-0.05, 0) is 73.8 Å². The van der Waals surface area contributed by atoms with Crippen LogP contribution in [0.1, 0.15) is 72.6 Å². The number of carboxylic acid groups (broad SMARTS) is 1. The molecule has 1 aromatic carbocycles. The maximum atomic E-state index is 12.9. The molecule has 1 fully saturated rings. The number of aliphatic carboxylic acids is 1. The van der Waals surface area contributed by atoms with Crippen molar-refractivity contribution in [2.24, 2.45) is 5.92 Å². The summed E-state index contributed by atoms with van der Waals surface area (Å²) in [6.07, 6.45) is 9.39. The van der Waals surface area contributed by atoms with Crippen LogP contribution < -0.4 is 4.74 Å². The third-order valence-electron chi connectivity index (χ3n) is 7.37. The Morgan fingerprint density at radius 3 is 2.82 bits per heavy atom. The van der Waals surface area contributed by atoms with E-state index in [4.69, 9.17) is 9.72 Å². The molecule has 174 valence electrons. The number of pyridine rings is 1. The van der Waals surface area contributed by atoms with Crippen molar-refractivity contribution in [2.45, 2.75) is 70.3 Å². The van der Waals surface area contributed by atoms with E-state index in [-0.39, 0.29) is 18.2 Å². The summed E-state index contributed by atoms with van der Waals surface area (Å²) in [6.45, 7) is 1.29. The molecule has 2 aliphatic heterocycles. The molecule has 33 heavy (non-hydrogen) atoms. The molecule has 2 aromatic rings. The third kappa shape index (κ3) is 4.75. The summed E-state index contributed by atoms with van der Waals surface area (Å²) < 4.78 is 5.65. The SMILES string of the molecule is O=C(O)C[C@@H](c1ccc2c(c1)OCC2)N1CC(CCCCc2ccc3c(n2)CCCC3)C1=O. The number of unbranched alkanes of at least 4 members (excludes halogenated alkanes) is 1. The molecule has 6 nitrogen and oxygen atoms in total. The van der Waals surface area contributed by atoms with Crippen molar-refractivity contribution in [3.8, 4) is 5.75 Å². The quantitative estimate of drug-likeness (QED) is 0.457. The summed E-state index contributed by atoms with van der Waals surface area (Å²) in [5.41, 5.74) is 5.86. The maximum absolute atomic E-state index is 12.9. The van der Waals surface area contributed by atoms with Gasteiger partial charge in [0.25, 0.3) is 0 Å². The Labute approximate surface area is 195 Å². The molecular weight excluding hydrogens is 416 g/mol. The number of amides is 1. The van der Waals surface area contributed by atoms with E-state index in [1.54, 1.807) is 4.90 Å². The number of fused-ring (bicyclic) bond motifs is 2. The zero-order valence-corrected chi connectivity index (χ0v) is 19.1. The van der Waals surface area contributed by atoms with E-state index < -0.39 is 12.0 Å². The number of hydrogen-bond acceptors (Lipinski definition) is 4. The van der Waals surface area contributed by atoms with Gasteiger partial charge in [-0.2, -0.15) is 0 Å². The topological polar surface area (TPSA) is 79.7 Å². The van der Waals surface area contributed by atoms with Gasteiger partial charge < -0.3 is 14.7 Å². The Bertz CT molecular complexity index is 1050. The summed E-state index contributed by atoms with van der Waals surface area (Å²) in [5.74, 6) is 0.0106. The number of nitrogens with zero attached hydrogens (tertiary/aromatic N) is 2. The van der Waals surface area contributed by atoms with E-state index in [0.717, 1.165) is 67.5 Å². The molecule has 1 saturated heterocycles. The normalized spacial score (nSPS) is 19.9. The minimum Gasteiger partial charge on any atom is -0.493 e. The number of β-lactam (4-membered cyclic amide) rings is 1. The van der Waals surface area contributed by atoms with Gasteiger partial charge in [-0.3, -0.25) is 14.6 Å². The number of benzene rings is 1. The number of likely N-dealkylation sites (tertiary alicyclic amines) is 1. The average Bonchev–Trinajstić information content (AvgIpc) is 3.29. The van der Waals surface area contributed by atoms with Gasteiger partial charge in [0.15, 0.2) is 0 Å². The zero-order chi connectivity index (χ0) is 22.8. The van der Waals surface area contributed by atoms with Gasteiger partial charge in [0, 0.05) is 24.4 Å². The highest BCUT2D eigenvalue weighted by molar-refractivity contribution is 5.85. The van der Waals surface area contributed by atoms with Crippen molar-refractivity contribution in [1.29, 1.82) is 0 Å². The van der Waals surface area contributed by atoms with E-state index in [1.807, 2.05) is 18.2 Å². The summed E-state index contributed by atoms with van der Waals surface area (Å²) in [5, 5.41) is 9.44. The highest BCUT2D eigenvalue weighted by Crippen LogP contribution is 2.37. The lowest BCUT2D eigenvalue weighted by molar-refractivity contribution is -0.154. The largest absolute Gasteiger partial charge is 0.493 e. The van der Waals surface area contributed by atoms with Crippen LogP contribution in [0.25, 0.3) is 0 Å². The summed E-state index contributed by atoms with van der Waals surface area (Å²) >= 11 is 0. The smallest absolute Gasteiger partial charge is 0.305 e. The van der Waals surface area contributed by atoms with Gasteiger partial charge in [-0.1, -0.05) is 24.6 Å². The molecule has 0 saturated carbocycles. The minimum atomic E-state index is -0.893. The Morgan fingerprint density at radius 1 is 1.12 bits per heavy atom. The molecule has 0 spiro atoms. The van der Waals surface area contributed by atoms with Crippen molar-refractivity contribution < 1.29 is 19.4 Å². The first-order chi connectivity index (χ1) is 16.1.